The average molecular weight is 421 g/mol. The number of aliphatic hydroxyl groups excluding tert-OH is 1. The Balaban J connectivity index is 2.08. The summed E-state index contributed by atoms with van der Waals surface area (Å²) in [7, 11) is -3.69. The number of aliphatic hydroxyl groups is 1. The van der Waals surface area contributed by atoms with Gasteiger partial charge in [-0.05, 0) is 35.9 Å². The number of amides is 1. The number of sulfonamides is 1. The largest absolute Gasteiger partial charge is 0.387 e. The van der Waals surface area contributed by atoms with E-state index in [2.05, 4.69) is 5.32 Å². The van der Waals surface area contributed by atoms with Crippen molar-refractivity contribution in [1.82, 2.24) is 9.62 Å². The predicted molar refractivity (Wildman–Crippen MR) is 107 cm³/mol. The minimum atomic E-state index is -3.69. The number of hydrogen-bond donors (Lipinski definition) is 2. The molecule has 0 heterocycles. The lowest BCUT2D eigenvalue weighted by molar-refractivity contribution is -0.384. The van der Waals surface area contributed by atoms with E-state index in [1.807, 2.05) is 0 Å². The van der Waals surface area contributed by atoms with Crippen molar-refractivity contribution in [3.05, 3.63) is 69.8 Å². The number of nitro groups is 1. The van der Waals surface area contributed by atoms with Gasteiger partial charge in [-0.25, -0.2) is 8.42 Å². The van der Waals surface area contributed by atoms with Crippen molar-refractivity contribution in [3.8, 4) is 0 Å². The highest BCUT2D eigenvalue weighted by molar-refractivity contribution is 7.89. The summed E-state index contributed by atoms with van der Waals surface area (Å²) >= 11 is 0. The lowest BCUT2D eigenvalue weighted by Gasteiger charge is -2.18. The van der Waals surface area contributed by atoms with Gasteiger partial charge in [0.15, 0.2) is 0 Å². The molecule has 2 N–H and O–H groups in total. The normalized spacial score (nSPS) is 12.6. The third kappa shape index (κ3) is 5.37. The quantitative estimate of drug-likeness (QED) is 0.471. The van der Waals surface area contributed by atoms with E-state index in [4.69, 9.17) is 0 Å². The maximum absolute atomic E-state index is 12.6. The summed E-state index contributed by atoms with van der Waals surface area (Å²) in [4.78, 5) is 22.5. The van der Waals surface area contributed by atoms with Crippen LogP contribution in [0.1, 0.15) is 35.9 Å². The van der Waals surface area contributed by atoms with Gasteiger partial charge in [0, 0.05) is 37.3 Å². The van der Waals surface area contributed by atoms with Crippen LogP contribution >= 0.6 is 0 Å². The number of nitrogens with zero attached hydrogens (tertiary/aromatic N) is 2. The third-order valence-electron chi connectivity index (χ3n) is 4.38. The molecule has 0 aliphatic carbocycles. The summed E-state index contributed by atoms with van der Waals surface area (Å²) in [5, 5.41) is 23.4. The first-order valence-electron chi connectivity index (χ1n) is 9.01. The van der Waals surface area contributed by atoms with Gasteiger partial charge < -0.3 is 10.4 Å². The lowest BCUT2D eigenvalue weighted by atomic mass is 10.1. The second-order valence-electron chi connectivity index (χ2n) is 6.19. The van der Waals surface area contributed by atoms with E-state index < -0.39 is 27.0 Å². The van der Waals surface area contributed by atoms with Crippen molar-refractivity contribution in [2.45, 2.75) is 24.8 Å². The molecule has 0 aliphatic rings. The van der Waals surface area contributed by atoms with Gasteiger partial charge in [-0.2, -0.15) is 4.31 Å². The minimum Gasteiger partial charge on any atom is -0.387 e. The van der Waals surface area contributed by atoms with Gasteiger partial charge in [0.1, 0.15) is 0 Å². The smallest absolute Gasteiger partial charge is 0.269 e. The Labute approximate surface area is 169 Å². The topological polar surface area (TPSA) is 130 Å². The number of non-ortho nitro benzene ring substituents is 1. The molecule has 0 unspecified atom stereocenters. The Morgan fingerprint density at radius 1 is 1.17 bits per heavy atom. The predicted octanol–water partition coefficient (Wildman–Crippen LogP) is 2.09. The molecule has 2 rings (SSSR count). The fourth-order valence-electron chi connectivity index (χ4n) is 2.74. The molecule has 0 saturated heterocycles. The first kappa shape index (κ1) is 22.5. The molecule has 10 heteroatoms. The number of hydrogen-bond acceptors (Lipinski definition) is 6. The summed E-state index contributed by atoms with van der Waals surface area (Å²) in [5.74, 6) is -0.539. The van der Waals surface area contributed by atoms with Gasteiger partial charge in [-0.3, -0.25) is 14.9 Å². The van der Waals surface area contributed by atoms with Crippen LogP contribution < -0.4 is 5.32 Å². The van der Waals surface area contributed by atoms with Crippen LogP contribution in [0.4, 0.5) is 5.69 Å². The minimum absolute atomic E-state index is 0.0183. The average Bonchev–Trinajstić information content (AvgIpc) is 2.72. The number of nitro benzene ring substituents is 1. The van der Waals surface area contributed by atoms with Gasteiger partial charge in [-0.15, -0.1) is 0 Å². The van der Waals surface area contributed by atoms with E-state index in [0.717, 1.165) is 0 Å². The summed E-state index contributed by atoms with van der Waals surface area (Å²) in [5.41, 5.74) is 0.458. The van der Waals surface area contributed by atoms with E-state index in [1.54, 1.807) is 13.8 Å². The zero-order valence-electron chi connectivity index (χ0n) is 16.1. The Morgan fingerprint density at radius 3 is 2.34 bits per heavy atom. The van der Waals surface area contributed by atoms with Gasteiger partial charge in [-0.1, -0.05) is 19.9 Å². The van der Waals surface area contributed by atoms with Crippen LogP contribution in [-0.4, -0.2) is 48.3 Å². The zero-order valence-corrected chi connectivity index (χ0v) is 16.9. The molecule has 29 heavy (non-hydrogen) atoms. The van der Waals surface area contributed by atoms with Crippen molar-refractivity contribution < 1.29 is 23.2 Å². The maximum atomic E-state index is 12.6. The van der Waals surface area contributed by atoms with Crippen molar-refractivity contribution in [3.63, 3.8) is 0 Å². The highest BCUT2D eigenvalue weighted by atomic mass is 32.2. The fraction of sp³-hybridized carbons (Fsp3) is 0.316. The molecule has 1 atom stereocenters. The summed E-state index contributed by atoms with van der Waals surface area (Å²) in [6, 6.07) is 11.0. The molecule has 0 spiro atoms. The molecule has 0 aliphatic heterocycles. The molecule has 0 saturated carbocycles. The molecule has 0 fully saturated rings. The monoisotopic (exact) mass is 421 g/mol. The van der Waals surface area contributed by atoms with E-state index in [0.29, 0.717) is 18.7 Å². The van der Waals surface area contributed by atoms with Crippen LogP contribution in [0.5, 0.6) is 0 Å². The molecule has 1 amide bonds. The SMILES string of the molecule is CCN(CC)S(=O)(=O)c1cccc(C(=O)NC[C@H](O)c2ccc([N+](=O)[O-])cc2)c1. The van der Waals surface area contributed by atoms with Crippen molar-refractivity contribution >= 4 is 21.6 Å². The lowest BCUT2D eigenvalue weighted by Crippen LogP contribution is -2.31. The molecular weight excluding hydrogens is 398 g/mol. The molecule has 9 nitrogen and oxygen atoms in total. The highest BCUT2D eigenvalue weighted by Crippen LogP contribution is 2.19. The van der Waals surface area contributed by atoms with E-state index in [9.17, 15) is 28.4 Å². The summed E-state index contributed by atoms with van der Waals surface area (Å²) in [6.45, 7) is 3.96. The van der Waals surface area contributed by atoms with Gasteiger partial charge >= 0.3 is 0 Å². The Bertz CT molecular complexity index is 972. The Kier molecular flexibility index (Phi) is 7.43. The number of rotatable bonds is 9. The zero-order chi connectivity index (χ0) is 21.6. The third-order valence-corrected chi connectivity index (χ3v) is 6.43. The van der Waals surface area contributed by atoms with E-state index in [-0.39, 0.29) is 22.7 Å². The van der Waals surface area contributed by atoms with Crippen LogP contribution in [0.2, 0.25) is 0 Å². The van der Waals surface area contributed by atoms with Crippen LogP contribution in [0.3, 0.4) is 0 Å². The second kappa shape index (κ2) is 9.59. The highest BCUT2D eigenvalue weighted by Gasteiger charge is 2.22. The first-order valence-corrected chi connectivity index (χ1v) is 10.5. The van der Waals surface area contributed by atoms with Gasteiger partial charge in [0.25, 0.3) is 11.6 Å². The van der Waals surface area contributed by atoms with E-state index in [1.165, 1.54) is 52.8 Å². The molecule has 0 aromatic heterocycles. The van der Waals surface area contributed by atoms with Crippen molar-refractivity contribution in [2.75, 3.05) is 19.6 Å². The molecular formula is C19H23N3O6S. The number of carbonyl (C=O) groups is 1. The van der Waals surface area contributed by atoms with Crippen molar-refractivity contribution in [1.29, 1.82) is 0 Å². The first-order chi connectivity index (χ1) is 13.7. The molecule has 0 radical (unpaired) electrons. The van der Waals surface area contributed by atoms with Gasteiger partial charge in [0.05, 0.1) is 15.9 Å². The Morgan fingerprint density at radius 2 is 1.79 bits per heavy atom. The maximum Gasteiger partial charge on any atom is 0.269 e. The molecule has 156 valence electrons. The molecule has 2 aromatic rings. The van der Waals surface area contributed by atoms with E-state index >= 15 is 0 Å². The fourth-order valence-corrected chi connectivity index (χ4v) is 4.24. The van der Waals surface area contributed by atoms with Crippen LogP contribution in [-0.2, 0) is 10.0 Å². The summed E-state index contributed by atoms with van der Waals surface area (Å²) < 4.78 is 26.5. The number of nitrogens with one attached hydrogen (secondary N) is 1. The Hall–Kier alpha value is -2.82. The number of benzene rings is 2. The van der Waals surface area contributed by atoms with Crippen LogP contribution in [0, 0.1) is 10.1 Å². The standard InChI is InChI=1S/C19H23N3O6S/c1-3-21(4-2)29(27,28)17-7-5-6-15(12-17)19(24)20-13-18(23)14-8-10-16(11-9-14)22(25)26/h5-12,18,23H,3-4,13H2,1-2H3,(H,20,24)/t18-/m0/s1. The van der Waals surface area contributed by atoms with Crippen molar-refractivity contribution in [2.24, 2.45) is 0 Å². The van der Waals surface area contributed by atoms with Gasteiger partial charge in [0.2, 0.25) is 10.0 Å². The van der Waals surface area contributed by atoms with Crippen LogP contribution in [0.15, 0.2) is 53.4 Å². The second-order valence-corrected chi connectivity index (χ2v) is 8.13. The van der Waals surface area contributed by atoms with Crippen LogP contribution in [0.25, 0.3) is 0 Å². The number of carbonyl (C=O) groups excluding carboxylic acids is 1. The summed E-state index contributed by atoms with van der Waals surface area (Å²) in [6.07, 6.45) is -1.07. The molecule has 0 bridgehead atoms. The molecule has 2 aromatic carbocycles.